The van der Waals surface area contributed by atoms with Crippen LogP contribution in [-0.4, -0.2) is 45.8 Å². The van der Waals surface area contributed by atoms with Gasteiger partial charge in [0.05, 0.1) is 6.20 Å². The Morgan fingerprint density at radius 2 is 2.03 bits per heavy atom. The minimum Gasteiger partial charge on any atom is -0.420 e. The lowest BCUT2D eigenvalue weighted by atomic mass is 9.92. The summed E-state index contributed by atoms with van der Waals surface area (Å²) in [4.78, 5) is 0.222. The predicted octanol–water partition coefficient (Wildman–Crippen LogP) is 2.57. The molecule has 10 heteroatoms. The van der Waals surface area contributed by atoms with Crippen molar-refractivity contribution in [2.24, 2.45) is 12.5 Å². The second-order valence-corrected chi connectivity index (χ2v) is 9.77. The third-order valence-corrected chi connectivity index (χ3v) is 7.89. The summed E-state index contributed by atoms with van der Waals surface area (Å²) in [6.45, 7) is 0.914. The van der Waals surface area contributed by atoms with Crippen molar-refractivity contribution in [2.75, 3.05) is 13.1 Å². The number of hydrogen-bond donors (Lipinski definition) is 0. The van der Waals surface area contributed by atoms with Gasteiger partial charge in [0.2, 0.25) is 21.8 Å². The van der Waals surface area contributed by atoms with E-state index in [1.165, 1.54) is 33.5 Å². The van der Waals surface area contributed by atoms with E-state index in [1.807, 2.05) is 0 Å². The molecule has 0 amide bonds. The average Bonchev–Trinajstić information content (AvgIpc) is 3.06. The van der Waals surface area contributed by atoms with Crippen LogP contribution in [0.1, 0.15) is 31.1 Å². The van der Waals surface area contributed by atoms with E-state index >= 15 is 0 Å². The molecule has 2 fully saturated rings. The Morgan fingerprint density at radius 3 is 2.72 bits per heavy atom. The maximum absolute atomic E-state index is 13.4. The molecule has 1 aromatic carbocycles. The summed E-state index contributed by atoms with van der Waals surface area (Å²) < 4.78 is 47.8. The molecule has 1 spiro atoms. The topological polar surface area (TPSA) is 94.1 Å². The van der Waals surface area contributed by atoms with Crippen LogP contribution in [0.25, 0.3) is 11.5 Å². The molecule has 152 valence electrons. The molecule has 1 atom stereocenters. The highest BCUT2D eigenvalue weighted by Gasteiger charge is 2.59. The van der Waals surface area contributed by atoms with Crippen LogP contribution in [0.5, 0.6) is 0 Å². The number of piperidine rings is 1. The standard InChI is InChI=1S/C19H20FN5O3S/c1-24-12-15(11-21-24)29(26,27)25-7-5-19(6-8-25)10-16(19)18-23-22-17(28-18)13-3-2-4-14(20)9-13/h2-4,9,11-12,16H,5-8,10H2,1H3/t16-/m0/s1. The number of benzene rings is 1. The van der Waals surface area contributed by atoms with Crippen molar-refractivity contribution in [3.8, 4) is 11.5 Å². The lowest BCUT2D eigenvalue weighted by Crippen LogP contribution is -2.39. The fourth-order valence-electron chi connectivity index (χ4n) is 4.22. The van der Waals surface area contributed by atoms with Crippen molar-refractivity contribution < 1.29 is 17.2 Å². The minimum atomic E-state index is -3.52. The highest BCUT2D eigenvalue weighted by atomic mass is 32.2. The third kappa shape index (κ3) is 3.16. The van der Waals surface area contributed by atoms with Gasteiger partial charge in [0.1, 0.15) is 10.7 Å². The van der Waals surface area contributed by atoms with Crippen LogP contribution in [-0.2, 0) is 17.1 Å². The Bertz CT molecular complexity index is 1160. The maximum Gasteiger partial charge on any atom is 0.247 e. The quantitative estimate of drug-likeness (QED) is 0.648. The molecule has 8 nitrogen and oxygen atoms in total. The normalized spacial score (nSPS) is 21.5. The van der Waals surface area contributed by atoms with E-state index in [4.69, 9.17) is 4.42 Å². The molecule has 3 heterocycles. The largest absolute Gasteiger partial charge is 0.420 e. The SMILES string of the molecule is Cn1cc(S(=O)(=O)N2CCC3(CC2)C[C@H]3c2nnc(-c3cccc(F)c3)o2)cn1. The monoisotopic (exact) mass is 417 g/mol. The highest BCUT2D eigenvalue weighted by Crippen LogP contribution is 2.64. The number of aryl methyl sites for hydroxylation is 1. The molecule has 0 bridgehead atoms. The summed E-state index contributed by atoms with van der Waals surface area (Å²) in [6.07, 6.45) is 5.29. The van der Waals surface area contributed by atoms with Gasteiger partial charge < -0.3 is 4.42 Å². The summed E-state index contributed by atoms with van der Waals surface area (Å²) >= 11 is 0. The number of nitrogens with zero attached hydrogens (tertiary/aromatic N) is 5. The molecule has 3 aromatic rings. The summed E-state index contributed by atoms with van der Waals surface area (Å²) in [5.74, 6) is 0.624. The number of aromatic nitrogens is 4. The van der Waals surface area contributed by atoms with E-state index in [1.54, 1.807) is 19.2 Å². The maximum atomic E-state index is 13.4. The van der Waals surface area contributed by atoms with Crippen molar-refractivity contribution in [3.05, 3.63) is 48.4 Å². The zero-order chi connectivity index (χ0) is 20.2. The van der Waals surface area contributed by atoms with Crippen LogP contribution in [0.4, 0.5) is 4.39 Å². The van der Waals surface area contributed by atoms with Crippen LogP contribution < -0.4 is 0 Å². The molecule has 0 unspecified atom stereocenters. The lowest BCUT2D eigenvalue weighted by Gasteiger charge is -2.31. The Kier molecular flexibility index (Phi) is 4.11. The van der Waals surface area contributed by atoms with Crippen LogP contribution >= 0.6 is 0 Å². The number of sulfonamides is 1. The molecule has 1 aliphatic heterocycles. The lowest BCUT2D eigenvalue weighted by molar-refractivity contribution is 0.246. The van der Waals surface area contributed by atoms with E-state index in [2.05, 4.69) is 15.3 Å². The van der Waals surface area contributed by atoms with Crippen molar-refractivity contribution >= 4 is 10.0 Å². The summed E-state index contributed by atoms with van der Waals surface area (Å²) in [6, 6.07) is 6.06. The zero-order valence-electron chi connectivity index (χ0n) is 15.8. The van der Waals surface area contributed by atoms with E-state index in [0.717, 1.165) is 19.3 Å². The fraction of sp³-hybridized carbons (Fsp3) is 0.421. The first-order chi connectivity index (χ1) is 13.9. The van der Waals surface area contributed by atoms with Gasteiger partial charge in [-0.1, -0.05) is 6.07 Å². The minimum absolute atomic E-state index is 0.00665. The van der Waals surface area contributed by atoms with Gasteiger partial charge in [-0.3, -0.25) is 4.68 Å². The van der Waals surface area contributed by atoms with E-state index in [0.29, 0.717) is 30.4 Å². The smallest absolute Gasteiger partial charge is 0.247 e. The molecule has 2 aliphatic rings. The van der Waals surface area contributed by atoms with Crippen molar-refractivity contribution in [1.82, 2.24) is 24.3 Å². The molecular formula is C19H20FN5O3S. The van der Waals surface area contributed by atoms with E-state index in [9.17, 15) is 12.8 Å². The number of hydrogen-bond acceptors (Lipinski definition) is 6. The zero-order valence-corrected chi connectivity index (χ0v) is 16.6. The summed E-state index contributed by atoms with van der Waals surface area (Å²) in [7, 11) is -1.82. The van der Waals surface area contributed by atoms with Crippen LogP contribution in [0.15, 0.2) is 46.0 Å². The van der Waals surface area contributed by atoms with Crippen LogP contribution in [0.3, 0.4) is 0 Å². The van der Waals surface area contributed by atoms with Gasteiger partial charge in [-0.15, -0.1) is 10.2 Å². The van der Waals surface area contributed by atoms with E-state index in [-0.39, 0.29) is 22.0 Å². The second kappa shape index (κ2) is 6.46. The molecule has 29 heavy (non-hydrogen) atoms. The van der Waals surface area contributed by atoms with Gasteiger partial charge in [-0.05, 0) is 42.9 Å². The Hall–Kier alpha value is -2.59. The van der Waals surface area contributed by atoms with Gasteiger partial charge >= 0.3 is 0 Å². The molecule has 1 saturated heterocycles. The first-order valence-electron chi connectivity index (χ1n) is 9.46. The Labute approximate surface area is 167 Å². The van der Waals surface area contributed by atoms with E-state index < -0.39 is 10.0 Å². The summed E-state index contributed by atoms with van der Waals surface area (Å²) in [5.41, 5.74) is 0.558. The first kappa shape index (κ1) is 18.4. The molecule has 5 rings (SSSR count). The number of rotatable bonds is 4. The highest BCUT2D eigenvalue weighted by molar-refractivity contribution is 7.89. The summed E-state index contributed by atoms with van der Waals surface area (Å²) in [5, 5.41) is 12.2. The van der Waals surface area contributed by atoms with Gasteiger partial charge in [-0.2, -0.15) is 9.40 Å². The second-order valence-electron chi connectivity index (χ2n) is 7.83. The van der Waals surface area contributed by atoms with Crippen molar-refractivity contribution in [1.29, 1.82) is 0 Å². The Morgan fingerprint density at radius 1 is 1.24 bits per heavy atom. The number of halogens is 1. The van der Waals surface area contributed by atoms with Crippen LogP contribution in [0, 0.1) is 11.2 Å². The molecule has 0 N–H and O–H groups in total. The molecule has 0 radical (unpaired) electrons. The molecule has 1 aliphatic carbocycles. The first-order valence-corrected chi connectivity index (χ1v) is 10.9. The fourth-order valence-corrected chi connectivity index (χ4v) is 5.64. The van der Waals surface area contributed by atoms with Gasteiger partial charge in [0.25, 0.3) is 0 Å². The van der Waals surface area contributed by atoms with Crippen molar-refractivity contribution in [3.63, 3.8) is 0 Å². The van der Waals surface area contributed by atoms with Crippen molar-refractivity contribution in [2.45, 2.75) is 30.1 Å². The Balaban J connectivity index is 1.28. The van der Waals surface area contributed by atoms with Gasteiger partial charge in [0.15, 0.2) is 0 Å². The van der Waals surface area contributed by atoms with Crippen LogP contribution in [0.2, 0.25) is 0 Å². The predicted molar refractivity (Wildman–Crippen MR) is 101 cm³/mol. The average molecular weight is 417 g/mol. The van der Waals surface area contributed by atoms with Gasteiger partial charge in [0, 0.05) is 37.8 Å². The van der Waals surface area contributed by atoms with Gasteiger partial charge in [-0.25, -0.2) is 12.8 Å². The third-order valence-electron chi connectivity index (χ3n) is 6.04. The molecule has 2 aromatic heterocycles. The molecule has 1 saturated carbocycles. The molecular weight excluding hydrogens is 397 g/mol.